The molecule has 0 saturated carbocycles. The summed E-state index contributed by atoms with van der Waals surface area (Å²) in [5.41, 5.74) is 6.93. The number of rotatable bonds is 7. The van der Waals surface area contributed by atoms with Gasteiger partial charge in [0.2, 0.25) is 5.95 Å². The standard InChI is InChI=1S/C18H21Cl2F3N6O2.2ClH/c19-13-3-1-2-12(14(13)20)15-16(24)25-17(27-26-15)29-6-4-28(5-7-29)8-11(30)9-31-10-18(21,22)23;;/h1-3,11,30H,4-10H2,(H2,24,25,27);2*1H/t11-;;/m1../s1. The van der Waals surface area contributed by atoms with Crippen LogP contribution in [-0.4, -0.2) is 83.4 Å². The van der Waals surface area contributed by atoms with Crippen LogP contribution in [0.5, 0.6) is 0 Å². The molecule has 1 fully saturated rings. The van der Waals surface area contributed by atoms with Crippen molar-refractivity contribution in [2.75, 3.05) is 56.6 Å². The maximum atomic E-state index is 12.1. The first kappa shape index (κ1) is 29.7. The summed E-state index contributed by atoms with van der Waals surface area (Å²) in [5.74, 6) is 0.516. The van der Waals surface area contributed by atoms with Crippen molar-refractivity contribution in [3.63, 3.8) is 0 Å². The number of alkyl halides is 3. The van der Waals surface area contributed by atoms with Gasteiger partial charge in [-0.3, -0.25) is 4.90 Å². The molecule has 1 aliphatic heterocycles. The van der Waals surface area contributed by atoms with Gasteiger partial charge < -0.3 is 20.5 Å². The molecular formula is C18H23Cl4F3N6O2. The predicted molar refractivity (Wildman–Crippen MR) is 126 cm³/mol. The van der Waals surface area contributed by atoms with E-state index in [1.807, 2.05) is 9.80 Å². The molecule has 2 aromatic rings. The zero-order valence-corrected chi connectivity index (χ0v) is 20.3. The number of aliphatic hydroxyl groups is 1. The lowest BCUT2D eigenvalue weighted by atomic mass is 10.1. The smallest absolute Gasteiger partial charge is 0.389 e. The number of nitrogens with zero attached hydrogens (tertiary/aromatic N) is 5. The van der Waals surface area contributed by atoms with Crippen LogP contribution < -0.4 is 10.6 Å². The molecule has 0 spiro atoms. The summed E-state index contributed by atoms with van der Waals surface area (Å²) >= 11 is 12.3. The van der Waals surface area contributed by atoms with Gasteiger partial charge in [-0.2, -0.15) is 18.2 Å². The van der Waals surface area contributed by atoms with E-state index in [0.29, 0.717) is 53.4 Å². The van der Waals surface area contributed by atoms with Gasteiger partial charge in [-0.1, -0.05) is 35.3 Å². The molecule has 1 aliphatic rings. The van der Waals surface area contributed by atoms with E-state index in [0.717, 1.165) is 0 Å². The van der Waals surface area contributed by atoms with Crippen molar-refractivity contribution < 1.29 is 23.0 Å². The third-order valence-corrected chi connectivity index (χ3v) is 5.43. The Hall–Kier alpha value is -1.34. The number of piperazine rings is 1. The number of anilines is 2. The zero-order valence-electron chi connectivity index (χ0n) is 17.1. The molecule has 0 bridgehead atoms. The average molecular weight is 554 g/mol. The Labute approximate surface area is 211 Å². The highest BCUT2D eigenvalue weighted by atomic mass is 35.5. The molecule has 15 heteroatoms. The molecular weight excluding hydrogens is 531 g/mol. The summed E-state index contributed by atoms with van der Waals surface area (Å²) in [4.78, 5) is 8.14. The third-order valence-electron chi connectivity index (χ3n) is 4.61. The van der Waals surface area contributed by atoms with Crippen molar-refractivity contribution in [2.24, 2.45) is 0 Å². The van der Waals surface area contributed by atoms with Gasteiger partial charge >= 0.3 is 6.18 Å². The Kier molecular flexibility index (Phi) is 11.6. The van der Waals surface area contributed by atoms with Crippen LogP contribution in [0.2, 0.25) is 10.0 Å². The number of aliphatic hydroxyl groups excluding tert-OH is 1. The number of nitrogen functional groups attached to an aromatic ring is 1. The Balaban J connectivity index is 0.00000272. The summed E-state index contributed by atoms with van der Waals surface area (Å²) in [6.45, 7) is 0.641. The summed E-state index contributed by atoms with van der Waals surface area (Å²) in [7, 11) is 0. The van der Waals surface area contributed by atoms with Crippen molar-refractivity contribution in [1.29, 1.82) is 0 Å². The van der Waals surface area contributed by atoms with Gasteiger partial charge in [-0.05, 0) is 6.07 Å². The van der Waals surface area contributed by atoms with Crippen LogP contribution >= 0.6 is 48.0 Å². The molecule has 0 amide bonds. The number of β-amino-alcohol motifs (C(OH)–C–C–N with tert-alkyl or cyclic N) is 1. The molecule has 3 N–H and O–H groups in total. The van der Waals surface area contributed by atoms with Crippen LogP contribution in [-0.2, 0) is 4.74 Å². The molecule has 0 radical (unpaired) electrons. The molecule has 1 aromatic carbocycles. The van der Waals surface area contributed by atoms with Gasteiger partial charge in [-0.25, -0.2) is 0 Å². The molecule has 1 aromatic heterocycles. The fraction of sp³-hybridized carbons (Fsp3) is 0.500. The molecule has 0 aliphatic carbocycles. The van der Waals surface area contributed by atoms with Gasteiger partial charge in [0.25, 0.3) is 0 Å². The summed E-state index contributed by atoms with van der Waals surface area (Å²) in [6, 6.07) is 5.09. The van der Waals surface area contributed by atoms with Crippen molar-refractivity contribution in [3.8, 4) is 11.3 Å². The molecule has 186 valence electrons. The van der Waals surface area contributed by atoms with E-state index in [-0.39, 0.29) is 43.8 Å². The number of ether oxygens (including phenoxy) is 1. The zero-order chi connectivity index (χ0) is 22.6. The summed E-state index contributed by atoms with van der Waals surface area (Å²) in [6.07, 6.45) is -5.42. The molecule has 33 heavy (non-hydrogen) atoms. The fourth-order valence-corrected chi connectivity index (χ4v) is 3.52. The minimum absolute atomic E-state index is 0. The largest absolute Gasteiger partial charge is 0.411 e. The van der Waals surface area contributed by atoms with Crippen LogP contribution in [0, 0.1) is 0 Å². The molecule has 8 nitrogen and oxygen atoms in total. The van der Waals surface area contributed by atoms with Gasteiger partial charge in [0.15, 0.2) is 5.82 Å². The van der Waals surface area contributed by atoms with E-state index < -0.39 is 18.9 Å². The van der Waals surface area contributed by atoms with Crippen LogP contribution in [0.15, 0.2) is 18.2 Å². The second kappa shape index (κ2) is 12.9. The lowest BCUT2D eigenvalue weighted by Crippen LogP contribution is -2.49. The Morgan fingerprint density at radius 2 is 1.79 bits per heavy atom. The van der Waals surface area contributed by atoms with Gasteiger partial charge in [0.05, 0.1) is 22.8 Å². The first-order chi connectivity index (χ1) is 14.6. The maximum absolute atomic E-state index is 12.1. The fourth-order valence-electron chi connectivity index (χ4n) is 3.13. The second-order valence-corrected chi connectivity index (χ2v) is 7.80. The average Bonchev–Trinajstić information content (AvgIpc) is 2.70. The monoisotopic (exact) mass is 552 g/mol. The van der Waals surface area contributed by atoms with Crippen LogP contribution in [0.25, 0.3) is 11.3 Å². The van der Waals surface area contributed by atoms with E-state index in [2.05, 4.69) is 19.9 Å². The van der Waals surface area contributed by atoms with Crippen LogP contribution in [0.3, 0.4) is 0 Å². The molecule has 0 unspecified atom stereocenters. The third kappa shape index (κ3) is 8.43. The van der Waals surface area contributed by atoms with E-state index in [4.69, 9.17) is 28.9 Å². The predicted octanol–water partition coefficient (Wildman–Crippen LogP) is 3.33. The van der Waals surface area contributed by atoms with Gasteiger partial charge in [0.1, 0.15) is 12.3 Å². The highest BCUT2D eigenvalue weighted by molar-refractivity contribution is 6.43. The van der Waals surface area contributed by atoms with Crippen molar-refractivity contribution in [1.82, 2.24) is 20.1 Å². The first-order valence-corrected chi connectivity index (χ1v) is 10.1. The molecule has 3 rings (SSSR count). The van der Waals surface area contributed by atoms with Crippen molar-refractivity contribution in [3.05, 3.63) is 28.2 Å². The van der Waals surface area contributed by atoms with Crippen LogP contribution in [0.1, 0.15) is 0 Å². The van der Waals surface area contributed by atoms with Crippen molar-refractivity contribution >= 4 is 59.8 Å². The second-order valence-electron chi connectivity index (χ2n) is 7.02. The number of aromatic nitrogens is 3. The normalized spacial score (nSPS) is 15.5. The quantitative estimate of drug-likeness (QED) is 0.538. The van der Waals surface area contributed by atoms with E-state index in [1.165, 1.54) is 0 Å². The van der Waals surface area contributed by atoms with Crippen LogP contribution in [0.4, 0.5) is 24.9 Å². The van der Waals surface area contributed by atoms with Gasteiger partial charge in [0, 0.05) is 38.3 Å². The highest BCUT2D eigenvalue weighted by Gasteiger charge is 2.28. The molecule has 2 heterocycles. The minimum Gasteiger partial charge on any atom is -0.389 e. The van der Waals surface area contributed by atoms with E-state index >= 15 is 0 Å². The summed E-state index contributed by atoms with van der Waals surface area (Å²) in [5, 5.41) is 18.9. The maximum Gasteiger partial charge on any atom is 0.411 e. The number of benzene rings is 1. The topological polar surface area (TPSA) is 101 Å². The SMILES string of the molecule is Cl.Cl.Nc1nc(N2CCN(C[C@@H](O)COCC(F)(F)F)CC2)nnc1-c1cccc(Cl)c1Cl. The number of halogens is 7. The number of hydrogen-bond donors (Lipinski definition) is 2. The van der Waals surface area contributed by atoms with E-state index in [1.54, 1.807) is 18.2 Å². The molecule has 1 atom stereocenters. The summed E-state index contributed by atoms with van der Waals surface area (Å²) < 4.78 is 40.8. The Morgan fingerprint density at radius 3 is 2.39 bits per heavy atom. The number of nitrogens with two attached hydrogens (primary N) is 1. The highest BCUT2D eigenvalue weighted by Crippen LogP contribution is 2.34. The van der Waals surface area contributed by atoms with Crippen molar-refractivity contribution in [2.45, 2.75) is 12.3 Å². The number of hydrogen-bond acceptors (Lipinski definition) is 8. The molecule has 1 saturated heterocycles. The van der Waals surface area contributed by atoms with Gasteiger partial charge in [-0.15, -0.1) is 35.0 Å². The minimum atomic E-state index is -4.41. The lowest BCUT2D eigenvalue weighted by Gasteiger charge is -2.35. The Morgan fingerprint density at radius 1 is 1.12 bits per heavy atom. The first-order valence-electron chi connectivity index (χ1n) is 9.38. The van der Waals surface area contributed by atoms with E-state index in [9.17, 15) is 18.3 Å². The Bertz CT molecular complexity index is 904. The lowest BCUT2D eigenvalue weighted by molar-refractivity contribution is -0.179.